The third-order valence-corrected chi connectivity index (χ3v) is 6.63. The molecule has 1 atom stereocenters. The molecule has 0 spiro atoms. The van der Waals surface area contributed by atoms with E-state index in [1.165, 1.54) is 18.4 Å². The summed E-state index contributed by atoms with van der Waals surface area (Å²) in [7, 11) is 1.53. The van der Waals surface area contributed by atoms with Gasteiger partial charge < -0.3 is 19.9 Å². The largest absolute Gasteiger partial charge is 0.493 e. The molecule has 0 radical (unpaired) electrons. The van der Waals surface area contributed by atoms with Gasteiger partial charge in [-0.3, -0.25) is 4.79 Å². The molecular formula is C25H21NO5S. The van der Waals surface area contributed by atoms with Crippen molar-refractivity contribution in [3.8, 4) is 35.0 Å². The zero-order chi connectivity index (χ0) is 22.8. The molecule has 4 rings (SSSR count). The quantitative estimate of drug-likeness (QED) is 0.524. The van der Waals surface area contributed by atoms with Gasteiger partial charge in [0.25, 0.3) is 0 Å². The summed E-state index contributed by atoms with van der Waals surface area (Å²) in [5, 5.41) is 12.8. The van der Waals surface area contributed by atoms with Crippen LogP contribution in [0, 0.1) is 19.3 Å². The first-order valence-electron chi connectivity index (χ1n) is 9.94. The lowest BCUT2D eigenvalue weighted by atomic mass is 9.88. The van der Waals surface area contributed by atoms with Gasteiger partial charge in [0.2, 0.25) is 5.91 Å². The van der Waals surface area contributed by atoms with Crippen LogP contribution in [0.3, 0.4) is 0 Å². The highest BCUT2D eigenvalue weighted by Gasteiger charge is 2.34. The zero-order valence-corrected chi connectivity index (χ0v) is 18.4. The van der Waals surface area contributed by atoms with Crippen molar-refractivity contribution >= 4 is 28.9 Å². The second-order valence-electron chi connectivity index (χ2n) is 7.42. The summed E-state index contributed by atoms with van der Waals surface area (Å²) in [6, 6.07) is 13.0. The first-order chi connectivity index (χ1) is 15.4. The first-order valence-corrected chi connectivity index (χ1v) is 10.8. The first kappa shape index (κ1) is 21.5. The minimum absolute atomic E-state index is 0.110. The number of aryl methyl sites for hydroxylation is 1. The van der Waals surface area contributed by atoms with Gasteiger partial charge in [-0.25, -0.2) is 4.79 Å². The maximum Gasteiger partial charge on any atom is 0.346 e. The van der Waals surface area contributed by atoms with E-state index in [1.54, 1.807) is 6.07 Å². The Labute approximate surface area is 189 Å². The van der Waals surface area contributed by atoms with Crippen LogP contribution < -0.4 is 14.8 Å². The van der Waals surface area contributed by atoms with Gasteiger partial charge in [-0.2, -0.15) is 0 Å². The molecule has 0 aliphatic carbocycles. The van der Waals surface area contributed by atoms with E-state index in [-0.39, 0.29) is 29.7 Å². The summed E-state index contributed by atoms with van der Waals surface area (Å²) < 4.78 is 11.0. The van der Waals surface area contributed by atoms with E-state index in [9.17, 15) is 14.7 Å². The number of carboxylic acids is 1. The second kappa shape index (κ2) is 8.77. The number of terminal acetylenes is 1. The molecule has 1 aliphatic rings. The Morgan fingerprint density at radius 3 is 2.66 bits per heavy atom. The Hall–Kier alpha value is -3.76. The van der Waals surface area contributed by atoms with Crippen molar-refractivity contribution in [2.75, 3.05) is 19.0 Å². The van der Waals surface area contributed by atoms with E-state index in [1.807, 2.05) is 43.3 Å². The van der Waals surface area contributed by atoms with Gasteiger partial charge in [-0.1, -0.05) is 41.8 Å². The highest BCUT2D eigenvalue weighted by atomic mass is 32.1. The van der Waals surface area contributed by atoms with Crippen molar-refractivity contribution in [2.45, 2.75) is 19.3 Å². The van der Waals surface area contributed by atoms with E-state index in [2.05, 4.69) is 11.2 Å². The number of carbonyl (C=O) groups excluding carboxylic acids is 1. The summed E-state index contributed by atoms with van der Waals surface area (Å²) in [6.45, 7) is 2.08. The van der Waals surface area contributed by atoms with E-state index >= 15 is 0 Å². The van der Waals surface area contributed by atoms with Gasteiger partial charge in [0.05, 0.1) is 12.8 Å². The van der Waals surface area contributed by atoms with Crippen LogP contribution in [0.4, 0.5) is 5.69 Å². The van der Waals surface area contributed by atoms with Gasteiger partial charge >= 0.3 is 5.97 Å². The number of hydrogen-bond donors (Lipinski definition) is 2. The monoisotopic (exact) mass is 447 g/mol. The van der Waals surface area contributed by atoms with Gasteiger partial charge in [-0.15, -0.1) is 17.8 Å². The van der Waals surface area contributed by atoms with E-state index in [4.69, 9.17) is 15.9 Å². The van der Waals surface area contributed by atoms with Crippen molar-refractivity contribution in [3.63, 3.8) is 0 Å². The van der Waals surface area contributed by atoms with Crippen molar-refractivity contribution in [1.82, 2.24) is 0 Å². The third-order valence-electron chi connectivity index (χ3n) is 5.34. The maximum atomic E-state index is 12.7. The molecule has 0 saturated carbocycles. The number of methoxy groups -OCH3 is 1. The molecule has 1 aromatic heterocycles. The predicted octanol–water partition coefficient (Wildman–Crippen LogP) is 4.92. The van der Waals surface area contributed by atoms with Gasteiger partial charge in [0, 0.05) is 22.8 Å². The average molecular weight is 448 g/mol. The number of anilines is 1. The molecule has 0 fully saturated rings. The number of ether oxygens (including phenoxy) is 2. The fraction of sp³-hybridized carbons (Fsp3) is 0.200. The highest BCUT2D eigenvalue weighted by Crippen LogP contribution is 2.50. The van der Waals surface area contributed by atoms with Crippen LogP contribution in [-0.2, 0) is 4.79 Å². The number of carbonyl (C=O) groups is 2. The number of amides is 1. The maximum absolute atomic E-state index is 12.7. The summed E-state index contributed by atoms with van der Waals surface area (Å²) in [5.74, 6) is 1.92. The summed E-state index contributed by atoms with van der Waals surface area (Å²) in [4.78, 5) is 25.8. The van der Waals surface area contributed by atoms with Crippen molar-refractivity contribution in [2.24, 2.45) is 0 Å². The van der Waals surface area contributed by atoms with Crippen molar-refractivity contribution in [3.05, 3.63) is 63.3 Å². The Morgan fingerprint density at radius 1 is 1.25 bits per heavy atom. The third kappa shape index (κ3) is 3.93. The smallest absolute Gasteiger partial charge is 0.346 e. The Balaban J connectivity index is 1.85. The molecule has 3 aromatic rings. The number of carboxylic acid groups (broad SMARTS) is 1. The van der Waals surface area contributed by atoms with Crippen molar-refractivity contribution < 1.29 is 24.2 Å². The van der Waals surface area contributed by atoms with Gasteiger partial charge in [0.1, 0.15) is 11.5 Å². The van der Waals surface area contributed by atoms with E-state index in [0.29, 0.717) is 22.7 Å². The van der Waals surface area contributed by atoms with E-state index < -0.39 is 5.97 Å². The molecule has 1 amide bonds. The predicted molar refractivity (Wildman–Crippen MR) is 124 cm³/mol. The topological polar surface area (TPSA) is 84.9 Å². The van der Waals surface area contributed by atoms with Gasteiger partial charge in [0.15, 0.2) is 11.5 Å². The number of benzene rings is 2. The molecule has 2 N–H and O–H groups in total. The number of fused-ring (bicyclic) bond motifs is 1. The molecule has 162 valence electrons. The van der Waals surface area contributed by atoms with Crippen LogP contribution in [0.1, 0.15) is 38.0 Å². The van der Waals surface area contributed by atoms with Crippen LogP contribution in [0.25, 0.3) is 11.1 Å². The Bertz CT molecular complexity index is 1240. The number of rotatable bonds is 6. The fourth-order valence-corrected chi connectivity index (χ4v) is 5.09. The lowest BCUT2D eigenvalue weighted by Crippen LogP contribution is -2.22. The number of nitrogens with one attached hydrogen (secondary N) is 1. The normalized spacial score (nSPS) is 14.8. The molecule has 7 heteroatoms. The highest BCUT2D eigenvalue weighted by molar-refractivity contribution is 7.15. The van der Waals surface area contributed by atoms with E-state index in [0.717, 1.165) is 21.6 Å². The van der Waals surface area contributed by atoms with Crippen LogP contribution >= 0.6 is 11.3 Å². The molecule has 2 aromatic carbocycles. The SMILES string of the molecule is C#CCOc1ccc(C2CC(=O)Nc3c2sc(C(=O)O)c3-c2ccc(C)cc2)cc1OC. The molecule has 1 aliphatic heterocycles. The molecule has 0 bridgehead atoms. The Morgan fingerprint density at radius 2 is 2.00 bits per heavy atom. The molecule has 1 unspecified atom stereocenters. The second-order valence-corrected chi connectivity index (χ2v) is 8.48. The average Bonchev–Trinajstić information content (AvgIpc) is 3.17. The standard InChI is InChI=1S/C25H21NO5S/c1-4-11-31-18-10-9-16(12-19(18)30-3)17-13-20(27)26-22-21(15-7-5-14(2)6-8-15)24(25(28)29)32-23(17)22/h1,5-10,12,17H,11,13H2,2-3H3,(H,26,27)(H,28,29). The molecule has 32 heavy (non-hydrogen) atoms. The molecule has 6 nitrogen and oxygen atoms in total. The zero-order valence-electron chi connectivity index (χ0n) is 17.6. The van der Waals surface area contributed by atoms with Crippen LogP contribution in [0.15, 0.2) is 42.5 Å². The summed E-state index contributed by atoms with van der Waals surface area (Å²) in [6.07, 6.45) is 5.48. The molecule has 2 heterocycles. The lowest BCUT2D eigenvalue weighted by molar-refractivity contribution is -0.116. The Kier molecular flexibility index (Phi) is 5.89. The molecule has 0 saturated heterocycles. The lowest BCUT2D eigenvalue weighted by Gasteiger charge is -2.24. The fourth-order valence-electron chi connectivity index (χ4n) is 3.84. The number of hydrogen-bond acceptors (Lipinski definition) is 5. The number of aromatic carboxylic acids is 1. The van der Waals surface area contributed by atoms with Crippen molar-refractivity contribution in [1.29, 1.82) is 0 Å². The summed E-state index contributed by atoms with van der Waals surface area (Å²) >= 11 is 1.19. The molecular weight excluding hydrogens is 426 g/mol. The minimum atomic E-state index is -1.02. The van der Waals surface area contributed by atoms with Crippen LogP contribution in [0.2, 0.25) is 0 Å². The summed E-state index contributed by atoms with van der Waals surface area (Å²) in [5.41, 5.74) is 3.75. The minimum Gasteiger partial charge on any atom is -0.493 e. The number of thiophene rings is 1. The van der Waals surface area contributed by atoms with Gasteiger partial charge in [-0.05, 0) is 30.2 Å². The van der Waals surface area contributed by atoms with Crippen LogP contribution in [-0.4, -0.2) is 30.7 Å². The van der Waals surface area contributed by atoms with Crippen LogP contribution in [0.5, 0.6) is 11.5 Å².